The third-order valence-electron chi connectivity index (χ3n) is 4.57. The minimum absolute atomic E-state index is 0.0242. The molecule has 4 nitrogen and oxygen atoms in total. The first-order valence-electron chi connectivity index (χ1n) is 9.24. The summed E-state index contributed by atoms with van der Waals surface area (Å²) >= 11 is 0. The molecule has 0 aliphatic rings. The molecule has 140 valence electrons. The molecule has 0 saturated heterocycles. The standard InChI is InChI=1S/C23H25NO3/c1-4-24(16-17-10-13-21(27-5-2)22(14-17)26-3)23(25)20-12-11-18-8-6-7-9-19(18)15-20/h6-15H,4-5,16H2,1-3H3. The quantitative estimate of drug-likeness (QED) is 0.599. The van der Waals surface area contributed by atoms with E-state index in [1.54, 1.807) is 7.11 Å². The van der Waals surface area contributed by atoms with Gasteiger partial charge in [-0.15, -0.1) is 0 Å². The lowest BCUT2D eigenvalue weighted by atomic mass is 10.1. The minimum Gasteiger partial charge on any atom is -0.493 e. The van der Waals surface area contributed by atoms with E-state index in [-0.39, 0.29) is 5.91 Å². The van der Waals surface area contributed by atoms with E-state index in [1.165, 1.54) is 0 Å². The average molecular weight is 363 g/mol. The maximum Gasteiger partial charge on any atom is 0.254 e. The second-order valence-corrected chi connectivity index (χ2v) is 6.30. The zero-order valence-electron chi connectivity index (χ0n) is 16.1. The predicted octanol–water partition coefficient (Wildman–Crippen LogP) is 4.91. The van der Waals surface area contributed by atoms with Crippen LogP contribution in [0.4, 0.5) is 0 Å². The van der Waals surface area contributed by atoms with Gasteiger partial charge in [0.25, 0.3) is 5.91 Å². The van der Waals surface area contributed by atoms with Crippen LogP contribution in [0.3, 0.4) is 0 Å². The number of amides is 1. The molecule has 0 atom stereocenters. The molecule has 4 heteroatoms. The lowest BCUT2D eigenvalue weighted by Gasteiger charge is -2.22. The molecule has 0 bridgehead atoms. The summed E-state index contributed by atoms with van der Waals surface area (Å²) in [6.07, 6.45) is 0. The topological polar surface area (TPSA) is 38.8 Å². The van der Waals surface area contributed by atoms with Gasteiger partial charge in [0, 0.05) is 18.7 Å². The Balaban J connectivity index is 1.82. The van der Waals surface area contributed by atoms with Crippen LogP contribution in [0.2, 0.25) is 0 Å². The Morgan fingerprint density at radius 3 is 2.41 bits per heavy atom. The van der Waals surface area contributed by atoms with Crippen LogP contribution < -0.4 is 9.47 Å². The van der Waals surface area contributed by atoms with E-state index in [9.17, 15) is 4.79 Å². The molecule has 0 aliphatic heterocycles. The Labute approximate surface area is 160 Å². The van der Waals surface area contributed by atoms with Gasteiger partial charge in [-0.25, -0.2) is 0 Å². The van der Waals surface area contributed by atoms with Gasteiger partial charge in [-0.3, -0.25) is 4.79 Å². The second-order valence-electron chi connectivity index (χ2n) is 6.30. The molecule has 0 saturated carbocycles. The van der Waals surface area contributed by atoms with Crippen LogP contribution in [-0.4, -0.2) is 31.1 Å². The molecule has 0 aromatic heterocycles. The minimum atomic E-state index is 0.0242. The number of methoxy groups -OCH3 is 1. The average Bonchev–Trinajstić information content (AvgIpc) is 2.72. The van der Waals surface area contributed by atoms with Gasteiger partial charge in [0.15, 0.2) is 11.5 Å². The number of nitrogens with zero attached hydrogens (tertiary/aromatic N) is 1. The van der Waals surface area contributed by atoms with Gasteiger partial charge in [0.05, 0.1) is 13.7 Å². The molecule has 0 aliphatic carbocycles. The van der Waals surface area contributed by atoms with Crippen LogP contribution in [0.1, 0.15) is 29.8 Å². The smallest absolute Gasteiger partial charge is 0.254 e. The SMILES string of the molecule is CCOc1ccc(CN(CC)C(=O)c2ccc3ccccc3c2)cc1OC. The molecule has 0 heterocycles. The van der Waals surface area contributed by atoms with Crippen molar-refractivity contribution in [2.24, 2.45) is 0 Å². The molecule has 0 N–H and O–H groups in total. The van der Waals surface area contributed by atoms with Crippen LogP contribution in [-0.2, 0) is 6.54 Å². The van der Waals surface area contributed by atoms with Crippen molar-refractivity contribution >= 4 is 16.7 Å². The lowest BCUT2D eigenvalue weighted by Crippen LogP contribution is -2.30. The van der Waals surface area contributed by atoms with Crippen molar-refractivity contribution in [3.05, 3.63) is 71.8 Å². The number of ether oxygens (including phenoxy) is 2. The summed E-state index contributed by atoms with van der Waals surface area (Å²) < 4.78 is 11.0. The number of hydrogen-bond acceptors (Lipinski definition) is 3. The van der Waals surface area contributed by atoms with Crippen LogP contribution in [0.15, 0.2) is 60.7 Å². The van der Waals surface area contributed by atoms with E-state index in [2.05, 4.69) is 0 Å². The fraction of sp³-hybridized carbons (Fsp3) is 0.261. The van der Waals surface area contributed by atoms with E-state index in [1.807, 2.05) is 79.4 Å². The molecule has 0 radical (unpaired) electrons. The van der Waals surface area contributed by atoms with E-state index in [0.29, 0.717) is 36.8 Å². The predicted molar refractivity (Wildman–Crippen MR) is 109 cm³/mol. The van der Waals surface area contributed by atoms with Crippen molar-refractivity contribution < 1.29 is 14.3 Å². The van der Waals surface area contributed by atoms with Crippen molar-refractivity contribution in [3.8, 4) is 11.5 Å². The van der Waals surface area contributed by atoms with Crippen molar-refractivity contribution in [1.29, 1.82) is 0 Å². The van der Waals surface area contributed by atoms with Crippen LogP contribution in [0.25, 0.3) is 10.8 Å². The van der Waals surface area contributed by atoms with Gasteiger partial charge in [0.2, 0.25) is 0 Å². The first-order chi connectivity index (χ1) is 13.2. The third kappa shape index (κ3) is 4.22. The molecule has 27 heavy (non-hydrogen) atoms. The molecule has 3 aromatic carbocycles. The van der Waals surface area contributed by atoms with Crippen molar-refractivity contribution in [3.63, 3.8) is 0 Å². The summed E-state index contributed by atoms with van der Waals surface area (Å²) in [5, 5.41) is 2.20. The summed E-state index contributed by atoms with van der Waals surface area (Å²) in [6.45, 7) is 5.66. The summed E-state index contributed by atoms with van der Waals surface area (Å²) in [5.74, 6) is 1.42. The first kappa shape index (κ1) is 18.8. The van der Waals surface area contributed by atoms with Crippen molar-refractivity contribution in [1.82, 2.24) is 4.90 Å². The van der Waals surface area contributed by atoms with Gasteiger partial charge in [-0.05, 0) is 54.4 Å². The highest BCUT2D eigenvalue weighted by atomic mass is 16.5. The second kappa shape index (κ2) is 8.58. The highest BCUT2D eigenvalue weighted by Crippen LogP contribution is 2.28. The molecule has 0 spiro atoms. The van der Waals surface area contributed by atoms with Crippen LogP contribution in [0, 0.1) is 0 Å². The molecule has 3 aromatic rings. The number of fused-ring (bicyclic) bond motifs is 1. The largest absolute Gasteiger partial charge is 0.493 e. The van der Waals surface area contributed by atoms with E-state index in [4.69, 9.17) is 9.47 Å². The zero-order valence-corrected chi connectivity index (χ0v) is 16.1. The fourth-order valence-electron chi connectivity index (χ4n) is 3.14. The fourth-order valence-corrected chi connectivity index (χ4v) is 3.14. The van der Waals surface area contributed by atoms with Crippen molar-refractivity contribution in [2.45, 2.75) is 20.4 Å². The number of rotatable bonds is 7. The van der Waals surface area contributed by atoms with Gasteiger partial charge in [-0.1, -0.05) is 36.4 Å². The summed E-state index contributed by atoms with van der Waals surface area (Å²) in [6, 6.07) is 19.7. The molecular weight excluding hydrogens is 338 g/mol. The van der Waals surface area contributed by atoms with Gasteiger partial charge >= 0.3 is 0 Å². The highest BCUT2D eigenvalue weighted by molar-refractivity contribution is 5.98. The van der Waals surface area contributed by atoms with E-state index in [0.717, 1.165) is 16.3 Å². The van der Waals surface area contributed by atoms with Crippen LogP contribution >= 0.6 is 0 Å². The Morgan fingerprint density at radius 1 is 0.926 bits per heavy atom. The number of carbonyl (C=O) groups is 1. The van der Waals surface area contributed by atoms with E-state index >= 15 is 0 Å². The molecule has 0 fully saturated rings. The third-order valence-corrected chi connectivity index (χ3v) is 4.57. The highest BCUT2D eigenvalue weighted by Gasteiger charge is 2.16. The van der Waals surface area contributed by atoms with E-state index < -0.39 is 0 Å². The Kier molecular flexibility index (Phi) is 5.97. The summed E-state index contributed by atoms with van der Waals surface area (Å²) in [7, 11) is 1.62. The number of hydrogen-bond donors (Lipinski definition) is 0. The zero-order chi connectivity index (χ0) is 19.2. The van der Waals surface area contributed by atoms with Gasteiger partial charge in [-0.2, -0.15) is 0 Å². The number of benzene rings is 3. The maximum absolute atomic E-state index is 13.0. The van der Waals surface area contributed by atoms with Gasteiger partial charge < -0.3 is 14.4 Å². The monoisotopic (exact) mass is 363 g/mol. The normalized spacial score (nSPS) is 10.6. The summed E-state index contributed by atoms with van der Waals surface area (Å²) in [5.41, 5.74) is 1.71. The molecule has 1 amide bonds. The lowest BCUT2D eigenvalue weighted by molar-refractivity contribution is 0.0752. The molecule has 0 unspecified atom stereocenters. The van der Waals surface area contributed by atoms with Gasteiger partial charge in [0.1, 0.15) is 0 Å². The Morgan fingerprint density at radius 2 is 1.70 bits per heavy atom. The molecular formula is C23H25NO3. The first-order valence-corrected chi connectivity index (χ1v) is 9.24. The molecule has 3 rings (SSSR count). The number of carbonyl (C=O) groups excluding carboxylic acids is 1. The van der Waals surface area contributed by atoms with Crippen LogP contribution in [0.5, 0.6) is 11.5 Å². The van der Waals surface area contributed by atoms with Crippen molar-refractivity contribution in [2.75, 3.05) is 20.3 Å². The Hall–Kier alpha value is -3.01. The summed E-state index contributed by atoms with van der Waals surface area (Å²) in [4.78, 5) is 14.9. The Bertz CT molecular complexity index is 936. The maximum atomic E-state index is 13.0.